The monoisotopic (exact) mass is 287 g/mol. The van der Waals surface area contributed by atoms with Gasteiger partial charge in [-0.05, 0) is 51.9 Å². The van der Waals surface area contributed by atoms with Crippen LogP contribution in [0.4, 0.5) is 0 Å². The number of carboxylic acids is 1. The van der Waals surface area contributed by atoms with Crippen LogP contribution in [0.2, 0.25) is 0 Å². The second kappa shape index (κ2) is 5.48. The molecule has 0 saturated carbocycles. The number of aryl methyl sites for hydroxylation is 1. The lowest BCUT2D eigenvalue weighted by Crippen LogP contribution is -2.34. The van der Waals surface area contributed by atoms with E-state index in [0.29, 0.717) is 11.6 Å². The summed E-state index contributed by atoms with van der Waals surface area (Å²) in [5.41, 5.74) is 1.84. The molecule has 1 atom stereocenters. The molecule has 1 saturated heterocycles. The molecule has 1 aromatic carbocycles. The summed E-state index contributed by atoms with van der Waals surface area (Å²) in [5, 5.41) is 9.41. The summed E-state index contributed by atoms with van der Waals surface area (Å²) in [5.74, 6) is -0.0136. The molecule has 5 nitrogen and oxygen atoms in total. The normalized spacial score (nSPS) is 17.4. The second-order valence-electron chi connectivity index (χ2n) is 5.84. The van der Waals surface area contributed by atoms with Crippen LogP contribution in [0.5, 0.6) is 0 Å². The number of carbonyl (C=O) groups is 1. The van der Waals surface area contributed by atoms with E-state index in [1.807, 2.05) is 13.0 Å². The van der Waals surface area contributed by atoms with Crippen LogP contribution in [0.25, 0.3) is 11.0 Å². The first-order valence-corrected chi connectivity index (χ1v) is 7.51. The number of likely N-dealkylation sites (tertiary alicyclic amines) is 1. The minimum Gasteiger partial charge on any atom is -0.478 e. The van der Waals surface area contributed by atoms with Crippen LogP contribution in [-0.2, 0) is 6.54 Å². The largest absolute Gasteiger partial charge is 0.478 e. The highest BCUT2D eigenvalue weighted by molar-refractivity contribution is 6.01. The van der Waals surface area contributed by atoms with Gasteiger partial charge in [0.15, 0.2) is 0 Å². The fraction of sp³-hybridized carbons (Fsp3) is 0.500. The highest BCUT2D eigenvalue weighted by Crippen LogP contribution is 2.22. The molecule has 1 aliphatic heterocycles. The first-order valence-electron chi connectivity index (χ1n) is 7.51. The minimum atomic E-state index is -0.893. The van der Waals surface area contributed by atoms with E-state index in [1.165, 1.54) is 12.8 Å². The predicted molar refractivity (Wildman–Crippen MR) is 81.7 cm³/mol. The summed E-state index contributed by atoms with van der Waals surface area (Å²) >= 11 is 0. The van der Waals surface area contributed by atoms with Gasteiger partial charge in [-0.25, -0.2) is 9.78 Å². The number of nitrogens with zero attached hydrogens (tertiary/aromatic N) is 3. The van der Waals surface area contributed by atoms with E-state index in [4.69, 9.17) is 0 Å². The third kappa shape index (κ3) is 2.53. The van der Waals surface area contributed by atoms with E-state index in [1.54, 1.807) is 12.1 Å². The summed E-state index contributed by atoms with van der Waals surface area (Å²) in [6, 6.07) is 5.69. The first kappa shape index (κ1) is 14.1. The Hall–Kier alpha value is -1.88. The highest BCUT2D eigenvalue weighted by Gasteiger charge is 2.21. The lowest BCUT2D eigenvalue weighted by atomic mass is 10.1. The number of aromatic nitrogens is 2. The summed E-state index contributed by atoms with van der Waals surface area (Å²) in [6.07, 6.45) is 2.52. The minimum absolute atomic E-state index is 0.335. The number of para-hydroxylation sites is 1. The quantitative estimate of drug-likeness (QED) is 0.938. The number of imidazole rings is 1. The van der Waals surface area contributed by atoms with Crippen LogP contribution in [0, 0.1) is 6.92 Å². The van der Waals surface area contributed by atoms with E-state index in [9.17, 15) is 9.90 Å². The van der Waals surface area contributed by atoms with Crippen LogP contribution in [0.3, 0.4) is 0 Å². The maximum absolute atomic E-state index is 11.5. The van der Waals surface area contributed by atoms with Gasteiger partial charge in [0.1, 0.15) is 5.82 Å². The molecule has 3 rings (SSSR count). The van der Waals surface area contributed by atoms with E-state index in [-0.39, 0.29) is 0 Å². The van der Waals surface area contributed by atoms with Gasteiger partial charge in [-0.3, -0.25) is 4.90 Å². The molecule has 1 N–H and O–H groups in total. The Morgan fingerprint density at radius 2 is 2.10 bits per heavy atom. The van der Waals surface area contributed by atoms with Crippen LogP contribution >= 0.6 is 0 Å². The van der Waals surface area contributed by atoms with Gasteiger partial charge in [-0.15, -0.1) is 0 Å². The summed E-state index contributed by atoms with van der Waals surface area (Å²) in [4.78, 5) is 18.5. The topological polar surface area (TPSA) is 58.4 Å². The lowest BCUT2D eigenvalue weighted by molar-refractivity contribution is 0.0698. The molecule has 2 heterocycles. The van der Waals surface area contributed by atoms with Crippen molar-refractivity contribution in [2.45, 2.75) is 39.3 Å². The van der Waals surface area contributed by atoms with Crippen LogP contribution in [0.1, 0.15) is 35.9 Å². The third-order valence-corrected chi connectivity index (χ3v) is 4.40. The van der Waals surface area contributed by atoms with Crippen molar-refractivity contribution in [3.8, 4) is 0 Å². The second-order valence-corrected chi connectivity index (χ2v) is 5.84. The smallest absolute Gasteiger partial charge is 0.337 e. The fourth-order valence-corrected chi connectivity index (χ4v) is 3.26. The number of carboxylic acid groups (broad SMARTS) is 1. The van der Waals surface area contributed by atoms with Crippen LogP contribution in [-0.4, -0.2) is 44.7 Å². The number of hydrogen-bond acceptors (Lipinski definition) is 3. The molecule has 2 aromatic rings. The number of hydrogen-bond donors (Lipinski definition) is 1. The zero-order valence-corrected chi connectivity index (χ0v) is 12.5. The van der Waals surface area contributed by atoms with Crippen molar-refractivity contribution < 1.29 is 9.90 Å². The average Bonchev–Trinajstić information content (AvgIpc) is 3.07. The van der Waals surface area contributed by atoms with Crippen molar-refractivity contribution in [1.29, 1.82) is 0 Å². The van der Waals surface area contributed by atoms with E-state index < -0.39 is 5.97 Å². The molecule has 112 valence electrons. The predicted octanol–water partition coefficient (Wildman–Crippen LogP) is 2.53. The molecular weight excluding hydrogens is 266 g/mol. The van der Waals surface area contributed by atoms with Crippen molar-refractivity contribution in [3.63, 3.8) is 0 Å². The zero-order valence-electron chi connectivity index (χ0n) is 12.5. The van der Waals surface area contributed by atoms with Crippen molar-refractivity contribution in [1.82, 2.24) is 14.5 Å². The van der Waals surface area contributed by atoms with Crippen molar-refractivity contribution in [2.75, 3.05) is 13.1 Å². The van der Waals surface area contributed by atoms with Gasteiger partial charge in [0.25, 0.3) is 0 Å². The van der Waals surface area contributed by atoms with Gasteiger partial charge < -0.3 is 9.67 Å². The molecule has 0 amide bonds. The average molecular weight is 287 g/mol. The van der Waals surface area contributed by atoms with Gasteiger partial charge in [-0.1, -0.05) is 6.07 Å². The first-order chi connectivity index (χ1) is 10.1. The van der Waals surface area contributed by atoms with Gasteiger partial charge in [0, 0.05) is 12.6 Å². The third-order valence-electron chi connectivity index (χ3n) is 4.40. The summed E-state index contributed by atoms with van der Waals surface area (Å²) in [7, 11) is 0. The van der Waals surface area contributed by atoms with Crippen LogP contribution in [0.15, 0.2) is 18.2 Å². The van der Waals surface area contributed by atoms with Crippen molar-refractivity contribution in [3.05, 3.63) is 29.6 Å². The molecule has 0 bridgehead atoms. The van der Waals surface area contributed by atoms with Gasteiger partial charge in [0.2, 0.25) is 0 Å². The van der Waals surface area contributed by atoms with Crippen molar-refractivity contribution in [2.24, 2.45) is 0 Å². The Bertz CT molecular complexity index is 671. The molecule has 0 aliphatic carbocycles. The van der Waals surface area contributed by atoms with Gasteiger partial charge >= 0.3 is 5.97 Å². The maximum atomic E-state index is 11.5. The van der Waals surface area contributed by atoms with Gasteiger partial charge in [0.05, 0.1) is 16.6 Å². The Morgan fingerprint density at radius 1 is 1.38 bits per heavy atom. The molecule has 21 heavy (non-hydrogen) atoms. The van der Waals surface area contributed by atoms with Gasteiger partial charge in [-0.2, -0.15) is 0 Å². The molecule has 1 aliphatic rings. The Balaban J connectivity index is 2.00. The molecule has 1 aromatic heterocycles. The number of rotatable bonds is 4. The number of benzene rings is 1. The molecule has 0 spiro atoms. The Morgan fingerprint density at radius 3 is 2.76 bits per heavy atom. The molecule has 1 fully saturated rings. The van der Waals surface area contributed by atoms with E-state index >= 15 is 0 Å². The number of fused-ring (bicyclic) bond motifs is 1. The SMILES string of the molecule is Cc1nc2cccc(C(=O)O)c2n1CC(C)N1CCCC1. The lowest BCUT2D eigenvalue weighted by Gasteiger charge is -2.25. The zero-order chi connectivity index (χ0) is 15.0. The standard InChI is InChI=1S/C16H21N3O2/c1-11(18-8-3-4-9-18)10-19-12(2)17-14-7-5-6-13(15(14)19)16(20)21/h5-7,11H,3-4,8-10H2,1-2H3,(H,20,21). The highest BCUT2D eigenvalue weighted by atomic mass is 16.4. The van der Waals surface area contributed by atoms with E-state index in [0.717, 1.165) is 36.5 Å². The summed E-state index contributed by atoms with van der Waals surface area (Å²) < 4.78 is 2.06. The molecule has 5 heteroatoms. The van der Waals surface area contributed by atoms with Crippen LogP contribution < -0.4 is 0 Å². The molecule has 0 radical (unpaired) electrons. The maximum Gasteiger partial charge on any atom is 0.337 e. The fourth-order valence-electron chi connectivity index (χ4n) is 3.26. The number of aromatic carboxylic acids is 1. The molecule has 1 unspecified atom stereocenters. The Kier molecular flexibility index (Phi) is 3.68. The molecular formula is C16H21N3O2. The Labute approximate surface area is 124 Å². The van der Waals surface area contributed by atoms with Crippen molar-refractivity contribution >= 4 is 17.0 Å². The van der Waals surface area contributed by atoms with E-state index in [2.05, 4.69) is 21.4 Å². The summed E-state index contributed by atoms with van der Waals surface area (Å²) in [6.45, 7) is 7.21.